The highest BCUT2D eigenvalue weighted by molar-refractivity contribution is 5.86. The van der Waals surface area contributed by atoms with Gasteiger partial charge in [0.2, 0.25) is 5.91 Å². The quantitative estimate of drug-likeness (QED) is 0.764. The number of fused-ring (bicyclic) bond motifs is 1. The van der Waals surface area contributed by atoms with Gasteiger partial charge in [-0.1, -0.05) is 42.5 Å². The van der Waals surface area contributed by atoms with Crippen molar-refractivity contribution in [3.63, 3.8) is 0 Å². The Labute approximate surface area is 186 Å². The van der Waals surface area contributed by atoms with Crippen LogP contribution < -0.4 is 5.32 Å². The lowest BCUT2D eigenvalue weighted by molar-refractivity contribution is -0.133. The number of nitrogens with one attached hydrogen (secondary N) is 1. The maximum atomic E-state index is 12.6. The van der Waals surface area contributed by atoms with Crippen LogP contribution in [-0.4, -0.2) is 55.0 Å². The molecule has 1 N–H and O–H groups in total. The molecule has 6 heteroatoms. The summed E-state index contributed by atoms with van der Waals surface area (Å²) in [6.45, 7) is 6.89. The molecule has 160 valence electrons. The third kappa shape index (κ3) is 6.32. The Morgan fingerprint density at radius 1 is 0.931 bits per heavy atom. The second-order valence-corrected chi connectivity index (χ2v) is 8.03. The zero-order valence-corrected chi connectivity index (χ0v) is 18.6. The van der Waals surface area contributed by atoms with Crippen LogP contribution >= 0.6 is 24.8 Å². The lowest BCUT2D eigenvalue weighted by Gasteiger charge is -2.35. The Morgan fingerprint density at radius 2 is 1.62 bits per heavy atom. The molecule has 2 heterocycles. The van der Waals surface area contributed by atoms with E-state index in [1.807, 2.05) is 0 Å². The van der Waals surface area contributed by atoms with Crippen molar-refractivity contribution in [2.24, 2.45) is 5.92 Å². The number of halogens is 2. The van der Waals surface area contributed by atoms with Gasteiger partial charge in [-0.15, -0.1) is 24.8 Å². The number of hydrogen-bond donors (Lipinski definition) is 1. The van der Waals surface area contributed by atoms with Crippen LogP contribution in [0.2, 0.25) is 0 Å². The molecule has 2 aromatic carbocycles. The van der Waals surface area contributed by atoms with E-state index in [-0.39, 0.29) is 24.8 Å². The van der Waals surface area contributed by atoms with Crippen LogP contribution in [0.15, 0.2) is 42.5 Å². The minimum Gasteiger partial charge on any atom is -0.340 e. The molecule has 0 atom stereocenters. The summed E-state index contributed by atoms with van der Waals surface area (Å²) in [4.78, 5) is 17.1. The van der Waals surface area contributed by atoms with Gasteiger partial charge < -0.3 is 10.2 Å². The fourth-order valence-electron chi connectivity index (χ4n) is 4.48. The number of carbonyl (C=O) groups is 1. The number of piperazine rings is 1. The van der Waals surface area contributed by atoms with Gasteiger partial charge in [0.25, 0.3) is 0 Å². The number of benzene rings is 2. The average molecular weight is 438 g/mol. The lowest BCUT2D eigenvalue weighted by Crippen LogP contribution is -2.48. The molecule has 2 saturated heterocycles. The predicted octanol–water partition coefficient (Wildman–Crippen LogP) is 4.11. The fraction of sp³-hybridized carbons (Fsp3) is 0.522. The summed E-state index contributed by atoms with van der Waals surface area (Å²) in [7, 11) is 0. The van der Waals surface area contributed by atoms with E-state index in [9.17, 15) is 4.79 Å². The lowest BCUT2D eigenvalue weighted by atomic mass is 9.93. The minimum absolute atomic E-state index is 0. The molecule has 0 bridgehead atoms. The van der Waals surface area contributed by atoms with Crippen LogP contribution in [0.5, 0.6) is 0 Å². The molecule has 0 saturated carbocycles. The van der Waals surface area contributed by atoms with E-state index >= 15 is 0 Å². The Kier molecular flexibility index (Phi) is 9.70. The number of rotatable bonds is 5. The fourth-order valence-corrected chi connectivity index (χ4v) is 4.48. The first kappa shape index (κ1) is 23.9. The first-order valence-electron chi connectivity index (χ1n) is 10.5. The molecule has 4 nitrogen and oxygen atoms in total. The smallest absolute Gasteiger partial charge is 0.222 e. The second kappa shape index (κ2) is 11.8. The third-order valence-corrected chi connectivity index (χ3v) is 6.22. The summed E-state index contributed by atoms with van der Waals surface area (Å²) >= 11 is 0. The first-order valence-corrected chi connectivity index (χ1v) is 10.5. The highest BCUT2D eigenvalue weighted by Crippen LogP contribution is 2.21. The van der Waals surface area contributed by atoms with Crippen molar-refractivity contribution in [3.05, 3.63) is 48.0 Å². The summed E-state index contributed by atoms with van der Waals surface area (Å²) in [5, 5.41) is 6.06. The molecule has 2 aromatic rings. The van der Waals surface area contributed by atoms with Gasteiger partial charge in [-0.2, -0.15) is 0 Å². The van der Waals surface area contributed by atoms with Crippen LogP contribution in [0.25, 0.3) is 10.8 Å². The zero-order valence-electron chi connectivity index (χ0n) is 17.0. The minimum atomic E-state index is 0. The van der Waals surface area contributed by atoms with E-state index in [2.05, 4.69) is 57.6 Å². The van der Waals surface area contributed by atoms with Crippen molar-refractivity contribution in [2.75, 3.05) is 39.3 Å². The highest BCUT2D eigenvalue weighted by Gasteiger charge is 2.22. The Hall–Kier alpha value is -1.33. The van der Waals surface area contributed by atoms with E-state index < -0.39 is 0 Å². The molecule has 0 unspecified atom stereocenters. The molecule has 4 rings (SSSR count). The largest absolute Gasteiger partial charge is 0.340 e. The molecule has 2 fully saturated rings. The summed E-state index contributed by atoms with van der Waals surface area (Å²) in [6.07, 6.45) is 4.25. The molecular formula is C23H33Cl2N3O. The molecule has 0 aromatic heterocycles. The molecule has 0 radical (unpaired) electrons. The first-order chi connectivity index (χ1) is 13.3. The van der Waals surface area contributed by atoms with E-state index in [0.29, 0.717) is 5.91 Å². The molecule has 1 amide bonds. The van der Waals surface area contributed by atoms with Crippen LogP contribution in [0.3, 0.4) is 0 Å². The maximum Gasteiger partial charge on any atom is 0.222 e. The zero-order chi connectivity index (χ0) is 18.5. The van der Waals surface area contributed by atoms with Gasteiger partial charge in [0.15, 0.2) is 0 Å². The van der Waals surface area contributed by atoms with Crippen molar-refractivity contribution >= 4 is 41.5 Å². The van der Waals surface area contributed by atoms with Crippen molar-refractivity contribution in [3.8, 4) is 0 Å². The summed E-state index contributed by atoms with van der Waals surface area (Å²) in [5.74, 6) is 1.10. The summed E-state index contributed by atoms with van der Waals surface area (Å²) < 4.78 is 0. The van der Waals surface area contributed by atoms with Crippen LogP contribution in [-0.2, 0) is 11.3 Å². The Bertz CT molecular complexity index is 766. The van der Waals surface area contributed by atoms with Crippen molar-refractivity contribution in [1.29, 1.82) is 0 Å². The number of amides is 1. The SMILES string of the molecule is Cl.Cl.O=C(CCC1CCNCC1)N1CCN(Cc2cccc3ccccc23)CC1. The molecule has 2 aliphatic heterocycles. The van der Waals surface area contributed by atoms with Crippen molar-refractivity contribution in [2.45, 2.75) is 32.2 Å². The molecule has 29 heavy (non-hydrogen) atoms. The number of piperidine rings is 1. The normalized spacial score (nSPS) is 18.1. The average Bonchev–Trinajstić information content (AvgIpc) is 2.74. The topological polar surface area (TPSA) is 35.6 Å². The van der Waals surface area contributed by atoms with Gasteiger partial charge in [-0.3, -0.25) is 9.69 Å². The standard InChI is InChI=1S/C23H31N3O.2ClH/c27-23(9-8-19-10-12-24-13-11-19)26-16-14-25(15-17-26)18-21-6-3-5-20-4-1-2-7-22(20)21;;/h1-7,19,24H,8-18H2;2*1H. The summed E-state index contributed by atoms with van der Waals surface area (Å²) in [5.41, 5.74) is 1.39. The summed E-state index contributed by atoms with van der Waals surface area (Å²) in [6, 6.07) is 15.2. The van der Waals surface area contributed by atoms with Crippen LogP contribution in [0.4, 0.5) is 0 Å². The number of carbonyl (C=O) groups excluding carboxylic acids is 1. The van der Waals surface area contributed by atoms with Crippen LogP contribution in [0.1, 0.15) is 31.2 Å². The molecular weight excluding hydrogens is 405 g/mol. The molecule has 2 aliphatic rings. The second-order valence-electron chi connectivity index (χ2n) is 8.03. The monoisotopic (exact) mass is 437 g/mol. The Balaban J connectivity index is 0.00000150. The van der Waals surface area contributed by atoms with Gasteiger partial charge in [0.05, 0.1) is 0 Å². The molecule has 0 spiro atoms. The van der Waals surface area contributed by atoms with Crippen molar-refractivity contribution in [1.82, 2.24) is 15.1 Å². The van der Waals surface area contributed by atoms with Crippen LogP contribution in [0, 0.1) is 5.92 Å². The molecule has 0 aliphatic carbocycles. The highest BCUT2D eigenvalue weighted by atomic mass is 35.5. The van der Waals surface area contributed by atoms with E-state index in [4.69, 9.17) is 0 Å². The van der Waals surface area contributed by atoms with Gasteiger partial charge in [-0.25, -0.2) is 0 Å². The van der Waals surface area contributed by atoms with E-state index in [1.165, 1.54) is 29.2 Å². The maximum absolute atomic E-state index is 12.6. The number of hydrogen-bond acceptors (Lipinski definition) is 3. The van der Waals surface area contributed by atoms with Crippen molar-refractivity contribution < 1.29 is 4.79 Å². The van der Waals surface area contributed by atoms with Gasteiger partial charge in [0.1, 0.15) is 0 Å². The van der Waals surface area contributed by atoms with Gasteiger partial charge in [-0.05, 0) is 54.6 Å². The van der Waals surface area contributed by atoms with Gasteiger partial charge >= 0.3 is 0 Å². The van der Waals surface area contributed by atoms with E-state index in [0.717, 1.165) is 64.6 Å². The van der Waals surface area contributed by atoms with E-state index in [1.54, 1.807) is 0 Å². The number of nitrogens with zero attached hydrogens (tertiary/aromatic N) is 2. The Morgan fingerprint density at radius 3 is 2.38 bits per heavy atom. The van der Waals surface area contributed by atoms with Gasteiger partial charge in [0, 0.05) is 39.1 Å². The third-order valence-electron chi connectivity index (χ3n) is 6.22. The predicted molar refractivity (Wildman–Crippen MR) is 125 cm³/mol.